The number of halogens is 1. The topological polar surface area (TPSA) is 54.0 Å². The highest BCUT2D eigenvalue weighted by atomic mass is 19.1. The van der Waals surface area contributed by atoms with Gasteiger partial charge in [0.05, 0.1) is 6.20 Å². The molecule has 0 aromatic carbocycles. The molecule has 0 unspecified atom stereocenters. The van der Waals surface area contributed by atoms with Crippen molar-refractivity contribution >= 4 is 11.7 Å². The Kier molecular flexibility index (Phi) is 2.80. The molecule has 1 fully saturated rings. The Morgan fingerprint density at radius 3 is 3.07 bits per heavy atom. The molecule has 0 saturated carbocycles. The van der Waals surface area contributed by atoms with Crippen LogP contribution in [0, 0.1) is 5.82 Å². The van der Waals surface area contributed by atoms with E-state index in [0.717, 1.165) is 25.6 Å². The lowest BCUT2D eigenvalue weighted by molar-refractivity contribution is -0.123. The lowest BCUT2D eigenvalue weighted by Gasteiger charge is -2.23. The summed E-state index contributed by atoms with van der Waals surface area (Å²) in [5.41, 5.74) is 0. The number of aromatic nitrogens is 1. The van der Waals surface area contributed by atoms with Gasteiger partial charge in [-0.15, -0.1) is 0 Å². The van der Waals surface area contributed by atoms with Crippen molar-refractivity contribution < 1.29 is 9.18 Å². The lowest BCUT2D eigenvalue weighted by Crippen LogP contribution is -2.44. The molecular formula is C10H12FN3O. The SMILES string of the molecule is O=C1NCCC[C@@H]1Nc1ccc(F)cn1. The molecule has 15 heavy (non-hydrogen) atoms. The molecule has 0 spiro atoms. The van der Waals surface area contributed by atoms with Crippen LogP contribution in [0.1, 0.15) is 12.8 Å². The van der Waals surface area contributed by atoms with Crippen LogP contribution in [0.5, 0.6) is 0 Å². The zero-order valence-corrected chi connectivity index (χ0v) is 8.16. The molecule has 2 N–H and O–H groups in total. The fraction of sp³-hybridized carbons (Fsp3) is 0.400. The van der Waals surface area contributed by atoms with Crippen LogP contribution in [0.4, 0.5) is 10.2 Å². The Morgan fingerprint density at radius 1 is 1.53 bits per heavy atom. The van der Waals surface area contributed by atoms with Gasteiger partial charge in [-0.1, -0.05) is 0 Å². The van der Waals surface area contributed by atoms with Crippen molar-refractivity contribution in [1.82, 2.24) is 10.3 Å². The van der Waals surface area contributed by atoms with Crippen LogP contribution in [0.25, 0.3) is 0 Å². The minimum atomic E-state index is -0.381. The van der Waals surface area contributed by atoms with E-state index in [1.54, 1.807) is 0 Å². The molecule has 0 bridgehead atoms. The molecule has 80 valence electrons. The van der Waals surface area contributed by atoms with Gasteiger partial charge in [0.1, 0.15) is 17.7 Å². The molecule has 5 heteroatoms. The van der Waals surface area contributed by atoms with E-state index in [-0.39, 0.29) is 17.8 Å². The minimum Gasteiger partial charge on any atom is -0.358 e. The number of hydrogen-bond donors (Lipinski definition) is 2. The van der Waals surface area contributed by atoms with Gasteiger partial charge in [0, 0.05) is 6.54 Å². The Morgan fingerprint density at radius 2 is 2.40 bits per heavy atom. The third kappa shape index (κ3) is 2.43. The molecular weight excluding hydrogens is 197 g/mol. The number of nitrogens with one attached hydrogen (secondary N) is 2. The van der Waals surface area contributed by atoms with Gasteiger partial charge in [-0.3, -0.25) is 4.79 Å². The van der Waals surface area contributed by atoms with Crippen molar-refractivity contribution in [2.24, 2.45) is 0 Å². The second kappa shape index (κ2) is 4.25. The van der Waals surface area contributed by atoms with Crippen molar-refractivity contribution in [3.63, 3.8) is 0 Å². The van der Waals surface area contributed by atoms with E-state index in [1.165, 1.54) is 12.1 Å². The number of anilines is 1. The molecule has 2 heterocycles. The van der Waals surface area contributed by atoms with E-state index in [0.29, 0.717) is 5.82 Å². The van der Waals surface area contributed by atoms with Crippen LogP contribution in [0.3, 0.4) is 0 Å². The van der Waals surface area contributed by atoms with Crippen LogP contribution in [0.15, 0.2) is 18.3 Å². The van der Waals surface area contributed by atoms with Crippen molar-refractivity contribution in [3.8, 4) is 0 Å². The van der Waals surface area contributed by atoms with Crippen LogP contribution in [-0.4, -0.2) is 23.5 Å². The van der Waals surface area contributed by atoms with Gasteiger partial charge >= 0.3 is 0 Å². The fourth-order valence-electron chi connectivity index (χ4n) is 1.55. The average molecular weight is 209 g/mol. The van der Waals surface area contributed by atoms with Crippen LogP contribution in [-0.2, 0) is 4.79 Å². The van der Waals surface area contributed by atoms with Gasteiger partial charge < -0.3 is 10.6 Å². The number of rotatable bonds is 2. The predicted molar refractivity (Wildman–Crippen MR) is 53.8 cm³/mol. The normalized spacial score (nSPS) is 20.9. The van der Waals surface area contributed by atoms with Crippen molar-refractivity contribution in [3.05, 3.63) is 24.1 Å². The van der Waals surface area contributed by atoms with Gasteiger partial charge in [-0.05, 0) is 25.0 Å². The van der Waals surface area contributed by atoms with Gasteiger partial charge in [0.2, 0.25) is 5.91 Å². The first-order valence-corrected chi connectivity index (χ1v) is 4.91. The van der Waals surface area contributed by atoms with Gasteiger partial charge in [0.15, 0.2) is 0 Å². The first kappa shape index (κ1) is 9.89. The Labute approximate surface area is 86.9 Å². The van der Waals surface area contributed by atoms with Crippen LogP contribution in [0.2, 0.25) is 0 Å². The van der Waals surface area contributed by atoms with Crippen LogP contribution < -0.4 is 10.6 Å². The van der Waals surface area contributed by atoms with E-state index >= 15 is 0 Å². The molecule has 1 atom stereocenters. The maximum absolute atomic E-state index is 12.6. The highest BCUT2D eigenvalue weighted by Gasteiger charge is 2.21. The molecule has 1 aliphatic heterocycles. The van der Waals surface area contributed by atoms with Gasteiger partial charge in [-0.25, -0.2) is 9.37 Å². The average Bonchev–Trinajstić information content (AvgIpc) is 2.25. The molecule has 0 radical (unpaired) electrons. The molecule has 1 aromatic heterocycles. The van der Waals surface area contributed by atoms with Gasteiger partial charge in [-0.2, -0.15) is 0 Å². The first-order valence-electron chi connectivity index (χ1n) is 4.91. The summed E-state index contributed by atoms with van der Waals surface area (Å²) in [6.45, 7) is 0.730. The second-order valence-corrected chi connectivity index (χ2v) is 3.49. The zero-order valence-electron chi connectivity index (χ0n) is 8.16. The van der Waals surface area contributed by atoms with E-state index < -0.39 is 0 Å². The number of nitrogens with zero attached hydrogens (tertiary/aromatic N) is 1. The van der Waals surface area contributed by atoms with Crippen molar-refractivity contribution in [1.29, 1.82) is 0 Å². The number of pyridine rings is 1. The number of hydrogen-bond acceptors (Lipinski definition) is 3. The summed E-state index contributed by atoms with van der Waals surface area (Å²) in [5.74, 6) is 0.125. The summed E-state index contributed by atoms with van der Waals surface area (Å²) >= 11 is 0. The minimum absolute atomic E-state index is 0.0209. The van der Waals surface area contributed by atoms with Crippen molar-refractivity contribution in [2.75, 3.05) is 11.9 Å². The summed E-state index contributed by atoms with van der Waals surface area (Å²) < 4.78 is 12.6. The fourth-order valence-corrected chi connectivity index (χ4v) is 1.55. The largest absolute Gasteiger partial charge is 0.358 e. The number of carbonyl (C=O) groups excluding carboxylic acids is 1. The van der Waals surface area contributed by atoms with E-state index in [9.17, 15) is 9.18 Å². The van der Waals surface area contributed by atoms with E-state index in [1.807, 2.05) is 0 Å². The molecule has 1 saturated heterocycles. The Balaban J connectivity index is 2.01. The Hall–Kier alpha value is -1.65. The highest BCUT2D eigenvalue weighted by Crippen LogP contribution is 2.10. The zero-order chi connectivity index (χ0) is 10.7. The number of amides is 1. The molecule has 0 aliphatic carbocycles. The smallest absolute Gasteiger partial charge is 0.242 e. The Bertz CT molecular complexity index is 352. The molecule has 1 aliphatic rings. The third-order valence-electron chi connectivity index (χ3n) is 2.33. The molecule has 1 aromatic rings. The molecule has 1 amide bonds. The first-order chi connectivity index (χ1) is 7.25. The molecule has 2 rings (SSSR count). The summed E-state index contributed by atoms with van der Waals surface area (Å²) in [6, 6.07) is 2.59. The van der Waals surface area contributed by atoms with Crippen molar-refractivity contribution in [2.45, 2.75) is 18.9 Å². The summed E-state index contributed by atoms with van der Waals surface area (Å²) in [4.78, 5) is 15.2. The third-order valence-corrected chi connectivity index (χ3v) is 2.33. The predicted octanol–water partition coefficient (Wildman–Crippen LogP) is 0.911. The second-order valence-electron chi connectivity index (χ2n) is 3.49. The monoisotopic (exact) mass is 209 g/mol. The maximum Gasteiger partial charge on any atom is 0.242 e. The van der Waals surface area contributed by atoms with Crippen LogP contribution >= 0.6 is 0 Å². The highest BCUT2D eigenvalue weighted by molar-refractivity contribution is 5.84. The summed E-state index contributed by atoms with van der Waals surface area (Å²) in [5, 5.41) is 5.73. The number of piperidine rings is 1. The standard InChI is InChI=1S/C10H12FN3O/c11-7-3-4-9(13-6-7)14-8-2-1-5-12-10(8)15/h3-4,6,8H,1-2,5H2,(H,12,15)(H,13,14)/t8-/m0/s1. The maximum atomic E-state index is 12.6. The number of carbonyl (C=O) groups is 1. The molecule has 4 nitrogen and oxygen atoms in total. The summed E-state index contributed by atoms with van der Waals surface area (Å²) in [6.07, 6.45) is 2.86. The summed E-state index contributed by atoms with van der Waals surface area (Å²) in [7, 11) is 0. The lowest BCUT2D eigenvalue weighted by atomic mass is 10.1. The van der Waals surface area contributed by atoms with E-state index in [4.69, 9.17) is 0 Å². The van der Waals surface area contributed by atoms with Gasteiger partial charge in [0.25, 0.3) is 0 Å². The van der Waals surface area contributed by atoms with E-state index in [2.05, 4.69) is 15.6 Å². The quantitative estimate of drug-likeness (QED) is 0.761.